The van der Waals surface area contributed by atoms with Crippen LogP contribution in [0.1, 0.15) is 33.8 Å². The van der Waals surface area contributed by atoms with E-state index < -0.39 is 23.5 Å². The second-order valence-corrected chi connectivity index (χ2v) is 12.0. The third-order valence-electron chi connectivity index (χ3n) is 5.65. The molecular weight excluding hydrogens is 585 g/mol. The second kappa shape index (κ2) is 11.5. The van der Waals surface area contributed by atoms with E-state index in [0.29, 0.717) is 42.9 Å². The number of thiophene rings is 1. The fourth-order valence-corrected chi connectivity index (χ4v) is 7.07. The maximum absolute atomic E-state index is 13.5. The number of carbonyl (C=O) groups is 2. The summed E-state index contributed by atoms with van der Waals surface area (Å²) in [4.78, 5) is 28.6. The summed E-state index contributed by atoms with van der Waals surface area (Å²) in [7, 11) is 0. The second-order valence-electron chi connectivity index (χ2n) is 8.03. The Labute approximate surface area is 240 Å². The predicted molar refractivity (Wildman–Crippen MR) is 152 cm³/mol. The van der Waals surface area contributed by atoms with Crippen molar-refractivity contribution in [3.05, 3.63) is 97.4 Å². The Hall–Kier alpha value is -2.89. The van der Waals surface area contributed by atoms with Crippen LogP contribution < -0.4 is 9.64 Å². The summed E-state index contributed by atoms with van der Waals surface area (Å²) in [6, 6.07) is 14.9. The van der Waals surface area contributed by atoms with Crippen LogP contribution in [-0.2, 0) is 10.5 Å². The minimum Gasteiger partial charge on any atom is -0.503 e. The molecule has 0 bridgehead atoms. The summed E-state index contributed by atoms with van der Waals surface area (Å²) in [6.45, 7) is 2.32. The number of nitrogens with zero attached hydrogens (tertiary/aromatic N) is 3. The highest BCUT2D eigenvalue weighted by molar-refractivity contribution is 8.00. The Balaban J connectivity index is 1.49. The number of aliphatic hydroxyl groups is 1. The number of halogens is 2. The Morgan fingerprint density at radius 2 is 2.00 bits per heavy atom. The molecule has 1 unspecified atom stereocenters. The first-order chi connectivity index (χ1) is 18.4. The molecule has 1 N–H and O–H groups in total. The number of aliphatic hydroxyl groups excluding tert-OH is 1. The van der Waals surface area contributed by atoms with Crippen LogP contribution >= 0.6 is 57.6 Å². The molecule has 3 heterocycles. The van der Waals surface area contributed by atoms with Gasteiger partial charge in [0.2, 0.25) is 10.9 Å². The molecule has 2 aromatic heterocycles. The molecule has 12 heteroatoms. The summed E-state index contributed by atoms with van der Waals surface area (Å²) in [6.07, 6.45) is 0. The molecular formula is C26H19Cl2N3O4S3. The Bertz CT molecular complexity index is 1540. The first-order valence-corrected chi connectivity index (χ1v) is 14.8. The predicted octanol–water partition coefficient (Wildman–Crippen LogP) is 7.38. The highest BCUT2D eigenvalue weighted by Gasteiger charge is 2.46. The Kier molecular flexibility index (Phi) is 8.06. The summed E-state index contributed by atoms with van der Waals surface area (Å²) in [5.74, 6) is -0.640. The van der Waals surface area contributed by atoms with Crippen LogP contribution in [0.3, 0.4) is 0 Å². The summed E-state index contributed by atoms with van der Waals surface area (Å²) < 4.78 is 6.25. The minimum absolute atomic E-state index is 0.0107. The van der Waals surface area contributed by atoms with Gasteiger partial charge in [-0.2, -0.15) is 0 Å². The van der Waals surface area contributed by atoms with Crippen molar-refractivity contribution in [3.8, 4) is 5.75 Å². The summed E-state index contributed by atoms with van der Waals surface area (Å²) in [5.41, 5.74) is 1.47. The van der Waals surface area contributed by atoms with E-state index in [2.05, 4.69) is 10.2 Å². The molecule has 0 saturated heterocycles. The van der Waals surface area contributed by atoms with Gasteiger partial charge < -0.3 is 9.84 Å². The average molecular weight is 605 g/mol. The molecule has 1 aliphatic rings. The van der Waals surface area contributed by atoms with Crippen molar-refractivity contribution in [1.82, 2.24) is 10.2 Å². The average Bonchev–Trinajstić information content (AvgIpc) is 3.65. The van der Waals surface area contributed by atoms with Crippen molar-refractivity contribution >= 4 is 74.5 Å². The molecule has 4 aromatic rings. The normalized spacial score (nSPS) is 15.4. The quantitative estimate of drug-likeness (QED) is 0.121. The summed E-state index contributed by atoms with van der Waals surface area (Å²) >= 11 is 16.1. The van der Waals surface area contributed by atoms with Crippen LogP contribution in [0.5, 0.6) is 5.75 Å². The molecule has 1 atom stereocenters. The van der Waals surface area contributed by atoms with Gasteiger partial charge in [0.05, 0.1) is 23.1 Å². The van der Waals surface area contributed by atoms with Gasteiger partial charge in [-0.05, 0) is 53.8 Å². The number of thioether (sulfide) groups is 1. The molecule has 7 nitrogen and oxygen atoms in total. The van der Waals surface area contributed by atoms with Gasteiger partial charge in [0.15, 0.2) is 10.1 Å². The van der Waals surface area contributed by atoms with Gasteiger partial charge in [-0.3, -0.25) is 14.5 Å². The molecule has 0 saturated carbocycles. The lowest BCUT2D eigenvalue weighted by atomic mass is 9.95. The van der Waals surface area contributed by atoms with E-state index in [9.17, 15) is 14.7 Å². The molecule has 2 aromatic carbocycles. The van der Waals surface area contributed by atoms with Crippen molar-refractivity contribution in [1.29, 1.82) is 0 Å². The van der Waals surface area contributed by atoms with Crippen molar-refractivity contribution in [2.75, 3.05) is 11.5 Å². The van der Waals surface area contributed by atoms with E-state index in [1.54, 1.807) is 53.9 Å². The Morgan fingerprint density at radius 1 is 1.16 bits per heavy atom. The van der Waals surface area contributed by atoms with Gasteiger partial charge in [-0.1, -0.05) is 70.6 Å². The van der Waals surface area contributed by atoms with Crippen LogP contribution in [-0.4, -0.2) is 33.6 Å². The van der Waals surface area contributed by atoms with Crippen molar-refractivity contribution < 1.29 is 19.4 Å². The van der Waals surface area contributed by atoms with E-state index in [0.717, 1.165) is 5.56 Å². The zero-order valence-electron chi connectivity index (χ0n) is 19.8. The van der Waals surface area contributed by atoms with Crippen LogP contribution in [0, 0.1) is 0 Å². The molecule has 38 heavy (non-hydrogen) atoms. The maximum atomic E-state index is 13.5. The standard InChI is InChI=1S/C26H19Cl2N3O4S3/c1-2-35-17-6-3-5-14(11-17)21-20(22(32)19-7-4-10-36-19)23(33)24(34)31(21)25-29-30-26(38-25)37-13-15-8-9-16(27)12-18(15)28/h3-12,21,33H,2,13H2,1H3. The minimum atomic E-state index is -0.908. The Morgan fingerprint density at radius 3 is 2.74 bits per heavy atom. The number of hydrogen-bond acceptors (Lipinski definition) is 9. The largest absolute Gasteiger partial charge is 0.503 e. The third-order valence-corrected chi connectivity index (χ3v) is 9.21. The van der Waals surface area contributed by atoms with E-state index >= 15 is 0 Å². The van der Waals surface area contributed by atoms with Crippen LogP contribution in [0.4, 0.5) is 5.13 Å². The van der Waals surface area contributed by atoms with Crippen LogP contribution in [0.15, 0.2) is 75.6 Å². The van der Waals surface area contributed by atoms with E-state index in [1.807, 2.05) is 13.0 Å². The number of benzene rings is 2. The van der Waals surface area contributed by atoms with E-state index in [4.69, 9.17) is 27.9 Å². The number of hydrogen-bond donors (Lipinski definition) is 1. The number of aromatic nitrogens is 2. The molecule has 0 spiro atoms. The smallest absolute Gasteiger partial charge is 0.296 e. The third kappa shape index (κ3) is 5.32. The van der Waals surface area contributed by atoms with Gasteiger partial charge in [0.25, 0.3) is 5.91 Å². The molecule has 0 radical (unpaired) electrons. The molecule has 0 aliphatic carbocycles. The first kappa shape index (κ1) is 26.7. The van der Waals surface area contributed by atoms with Gasteiger partial charge >= 0.3 is 0 Å². The number of ether oxygens (including phenoxy) is 1. The van der Waals surface area contributed by atoms with Crippen molar-refractivity contribution in [3.63, 3.8) is 0 Å². The topological polar surface area (TPSA) is 92.6 Å². The SMILES string of the molecule is CCOc1cccc(C2C(C(=O)c3cccs3)=C(O)C(=O)N2c2nnc(SCc3ccc(Cl)cc3Cl)s2)c1. The number of Topliss-reactive ketones (excluding diaryl/α,β-unsaturated/α-hetero) is 1. The van der Waals surface area contributed by atoms with Crippen LogP contribution in [0.2, 0.25) is 10.0 Å². The number of rotatable bonds is 9. The van der Waals surface area contributed by atoms with Gasteiger partial charge in [0.1, 0.15) is 5.75 Å². The lowest BCUT2D eigenvalue weighted by Crippen LogP contribution is -2.31. The lowest BCUT2D eigenvalue weighted by molar-refractivity contribution is -0.117. The highest BCUT2D eigenvalue weighted by atomic mass is 35.5. The van der Waals surface area contributed by atoms with Crippen molar-refractivity contribution in [2.45, 2.75) is 23.1 Å². The molecule has 1 aliphatic heterocycles. The number of amides is 1. The lowest BCUT2D eigenvalue weighted by Gasteiger charge is -2.24. The van der Waals surface area contributed by atoms with E-state index in [1.165, 1.54) is 39.3 Å². The van der Waals surface area contributed by atoms with Gasteiger partial charge in [0, 0.05) is 15.8 Å². The van der Waals surface area contributed by atoms with Crippen LogP contribution in [0.25, 0.3) is 0 Å². The molecule has 194 valence electrons. The molecule has 5 rings (SSSR count). The number of anilines is 1. The van der Waals surface area contributed by atoms with Gasteiger partial charge in [-0.25, -0.2) is 0 Å². The monoisotopic (exact) mass is 603 g/mol. The summed E-state index contributed by atoms with van der Waals surface area (Å²) in [5, 5.41) is 22.5. The fourth-order valence-electron chi connectivity index (χ4n) is 3.97. The zero-order valence-corrected chi connectivity index (χ0v) is 23.7. The van der Waals surface area contributed by atoms with E-state index in [-0.39, 0.29) is 10.7 Å². The zero-order chi connectivity index (χ0) is 26.8. The number of carbonyl (C=O) groups excluding carboxylic acids is 2. The van der Waals surface area contributed by atoms with Gasteiger partial charge in [-0.15, -0.1) is 21.5 Å². The number of ketones is 1. The molecule has 1 amide bonds. The highest BCUT2D eigenvalue weighted by Crippen LogP contribution is 2.45. The first-order valence-electron chi connectivity index (χ1n) is 11.3. The van der Waals surface area contributed by atoms with Crippen molar-refractivity contribution in [2.24, 2.45) is 0 Å². The molecule has 0 fully saturated rings. The fraction of sp³-hybridized carbons (Fsp3) is 0.154. The maximum Gasteiger partial charge on any atom is 0.296 e.